The number of hydrogen-bond acceptors (Lipinski definition) is 2. The molecule has 0 amide bonds. The van der Waals surface area contributed by atoms with Crippen molar-refractivity contribution in [1.29, 1.82) is 0 Å². The Morgan fingerprint density at radius 1 is 0.385 bits per heavy atom. The zero-order chi connectivity index (χ0) is 44.3. The summed E-state index contributed by atoms with van der Waals surface area (Å²) in [5, 5.41) is 2.50. The van der Waals surface area contributed by atoms with E-state index in [4.69, 9.17) is 9.98 Å². The number of rotatable bonds is 10. The summed E-state index contributed by atoms with van der Waals surface area (Å²) in [6.07, 6.45) is 4.46. The van der Waals surface area contributed by atoms with E-state index in [1.165, 1.54) is 72.3 Å². The highest BCUT2D eigenvalue weighted by Gasteiger charge is 2.40. The van der Waals surface area contributed by atoms with E-state index in [0.717, 1.165) is 24.1 Å². The molecule has 2 heteroatoms. The molecule has 2 nitrogen and oxygen atoms in total. The number of fused-ring (bicyclic) bond motifs is 1. The summed E-state index contributed by atoms with van der Waals surface area (Å²) in [6.45, 7) is 9.51. The van der Waals surface area contributed by atoms with Crippen molar-refractivity contribution < 1.29 is 0 Å². The normalized spacial score (nSPS) is 22.1. The third-order valence-electron chi connectivity index (χ3n) is 14.7. The molecule has 8 aromatic carbocycles. The Morgan fingerprint density at radius 2 is 0.846 bits per heavy atom. The first kappa shape index (κ1) is 42.1. The molecule has 65 heavy (non-hydrogen) atoms. The van der Waals surface area contributed by atoms with Crippen LogP contribution in [0.25, 0.3) is 38.7 Å². The minimum Gasteiger partial charge on any atom is -0.280 e. The molecule has 10 rings (SSSR count). The molecular weight excluding hydrogens is 785 g/mol. The fraction of sp³-hybridized carbons (Fsp3) is 0.206. The zero-order valence-electron chi connectivity index (χ0n) is 38.1. The molecule has 0 fully saturated rings. The Bertz CT molecular complexity index is 2970. The fourth-order valence-electron chi connectivity index (χ4n) is 11.1. The minimum absolute atomic E-state index is 0.0522. The number of nitrogens with zero attached hydrogens (tertiary/aromatic N) is 2. The average Bonchev–Trinajstić information content (AvgIpc) is 3.49. The molecule has 0 aromatic heterocycles. The lowest BCUT2D eigenvalue weighted by molar-refractivity contribution is 0.266. The minimum atomic E-state index is 0.0522. The van der Waals surface area contributed by atoms with Gasteiger partial charge < -0.3 is 0 Å². The van der Waals surface area contributed by atoms with Crippen molar-refractivity contribution in [1.82, 2.24) is 0 Å². The van der Waals surface area contributed by atoms with Gasteiger partial charge in [-0.2, -0.15) is 0 Å². The third-order valence-corrected chi connectivity index (χ3v) is 14.7. The maximum Gasteiger partial charge on any atom is 0.0780 e. The van der Waals surface area contributed by atoms with Gasteiger partial charge in [-0.05, 0) is 103 Å². The van der Waals surface area contributed by atoms with Gasteiger partial charge in [0, 0.05) is 23.5 Å². The third kappa shape index (κ3) is 8.23. The van der Waals surface area contributed by atoms with Crippen LogP contribution in [-0.4, -0.2) is 11.4 Å². The summed E-state index contributed by atoms with van der Waals surface area (Å²) in [4.78, 5) is 11.2. The summed E-state index contributed by atoms with van der Waals surface area (Å²) in [6, 6.07) is 75.7. The Kier molecular flexibility index (Phi) is 12.1. The Hall–Kier alpha value is -6.90. The molecule has 0 spiro atoms. The second kappa shape index (κ2) is 18.7. The number of hydrogen-bond donors (Lipinski definition) is 0. The first-order valence-corrected chi connectivity index (χ1v) is 23.8. The van der Waals surface area contributed by atoms with Crippen molar-refractivity contribution in [3.05, 3.63) is 246 Å². The van der Waals surface area contributed by atoms with Gasteiger partial charge in [0.2, 0.25) is 0 Å². The molecule has 8 aromatic rings. The van der Waals surface area contributed by atoms with Gasteiger partial charge in [-0.25, -0.2) is 0 Å². The van der Waals surface area contributed by atoms with Crippen LogP contribution in [0.2, 0.25) is 0 Å². The van der Waals surface area contributed by atoms with Crippen LogP contribution in [0.5, 0.6) is 0 Å². The Labute approximate surface area is 386 Å². The maximum atomic E-state index is 5.76. The Morgan fingerprint density at radius 3 is 1.38 bits per heavy atom. The van der Waals surface area contributed by atoms with Crippen LogP contribution in [0.3, 0.4) is 0 Å². The van der Waals surface area contributed by atoms with Crippen LogP contribution in [0.4, 0.5) is 0 Å². The second-order valence-electron chi connectivity index (χ2n) is 18.3. The quantitative estimate of drug-likeness (QED) is 0.131. The largest absolute Gasteiger partial charge is 0.280 e. The number of benzene rings is 8. The van der Waals surface area contributed by atoms with E-state index in [0.29, 0.717) is 29.6 Å². The molecule has 7 unspecified atom stereocenters. The number of allylic oxidation sites excluding steroid dienone is 1. The molecule has 0 saturated carbocycles. The van der Waals surface area contributed by atoms with Crippen molar-refractivity contribution in [3.63, 3.8) is 0 Å². The van der Waals surface area contributed by atoms with Gasteiger partial charge in [0.25, 0.3) is 0 Å². The van der Waals surface area contributed by atoms with Gasteiger partial charge in [-0.15, -0.1) is 0 Å². The number of aliphatic imine (C=N–C) groups is 2. The van der Waals surface area contributed by atoms with Gasteiger partial charge in [0.15, 0.2) is 0 Å². The zero-order valence-corrected chi connectivity index (χ0v) is 38.1. The molecule has 2 heterocycles. The molecule has 0 aliphatic carbocycles. The maximum absolute atomic E-state index is 5.76. The summed E-state index contributed by atoms with van der Waals surface area (Å²) in [7, 11) is 0. The van der Waals surface area contributed by atoms with E-state index in [9.17, 15) is 0 Å². The van der Waals surface area contributed by atoms with Crippen LogP contribution in [-0.2, 0) is 0 Å². The van der Waals surface area contributed by atoms with Gasteiger partial charge in [-0.1, -0.05) is 234 Å². The monoisotopic (exact) mass is 842 g/mol. The second-order valence-corrected chi connectivity index (χ2v) is 18.3. The highest BCUT2D eigenvalue weighted by molar-refractivity contribution is 6.08. The van der Waals surface area contributed by atoms with Crippen molar-refractivity contribution in [3.8, 4) is 22.3 Å². The van der Waals surface area contributed by atoms with Gasteiger partial charge in [0.1, 0.15) is 0 Å². The van der Waals surface area contributed by atoms with E-state index in [2.05, 4.69) is 240 Å². The molecule has 0 radical (unpaired) electrons. The molecule has 2 aliphatic heterocycles. The van der Waals surface area contributed by atoms with Crippen LogP contribution in [0, 0.1) is 23.7 Å². The SMILES string of the molecule is CCC1C(c2ccccc2)=NC(c2ccc(-c3ccc(-c4ccc(C5N=C(c6ccccc6)C(CC)C(c6ccccc6)C(C)C5C)cc4)c4ccccc34)cc2)=CC1c1ccccc1. The van der Waals surface area contributed by atoms with Gasteiger partial charge >= 0.3 is 0 Å². The van der Waals surface area contributed by atoms with Gasteiger partial charge in [0.05, 0.1) is 17.5 Å². The van der Waals surface area contributed by atoms with E-state index < -0.39 is 0 Å². The van der Waals surface area contributed by atoms with Crippen molar-refractivity contribution in [2.75, 3.05) is 0 Å². The lowest BCUT2D eigenvalue weighted by atomic mass is 9.69. The van der Waals surface area contributed by atoms with E-state index >= 15 is 0 Å². The molecule has 0 N–H and O–H groups in total. The smallest absolute Gasteiger partial charge is 0.0780 e. The standard InChI is InChI=1S/C63H58N2/c1-5-52-58(44-21-11-7-12-22-44)41-59(64-62(52)49-25-15-9-16-26-49)47-35-31-45(32-36-47)54-39-40-55(57-30-20-19-29-56(54)57)46-33-37-51(38-34-46)61-43(4)42(3)60(48-23-13-8-14-24-48)53(6-2)63(65-61)50-27-17-10-18-28-50/h7-43,52-53,58,60-61H,5-6H2,1-4H3. The van der Waals surface area contributed by atoms with E-state index in [-0.39, 0.29) is 12.0 Å². The molecular formula is C63H58N2. The van der Waals surface area contributed by atoms with Crippen LogP contribution < -0.4 is 0 Å². The lowest BCUT2D eigenvalue weighted by Crippen LogP contribution is -2.28. The van der Waals surface area contributed by atoms with Crippen molar-refractivity contribution in [2.24, 2.45) is 33.7 Å². The predicted molar refractivity (Wildman–Crippen MR) is 276 cm³/mol. The summed E-state index contributed by atoms with van der Waals surface area (Å²) in [5.74, 6) is 2.03. The lowest BCUT2D eigenvalue weighted by Gasteiger charge is -2.34. The Balaban J connectivity index is 0.974. The summed E-state index contributed by atoms with van der Waals surface area (Å²) >= 11 is 0. The molecule has 7 atom stereocenters. The molecule has 0 bridgehead atoms. The highest BCUT2D eigenvalue weighted by Crippen LogP contribution is 2.48. The summed E-state index contributed by atoms with van der Waals surface area (Å²) in [5.41, 5.74) is 15.9. The van der Waals surface area contributed by atoms with E-state index in [1.807, 2.05) is 0 Å². The van der Waals surface area contributed by atoms with Crippen LogP contribution >= 0.6 is 0 Å². The fourth-order valence-corrected chi connectivity index (χ4v) is 11.1. The summed E-state index contributed by atoms with van der Waals surface area (Å²) < 4.78 is 0. The van der Waals surface area contributed by atoms with E-state index in [1.54, 1.807) is 0 Å². The average molecular weight is 843 g/mol. The van der Waals surface area contributed by atoms with Crippen molar-refractivity contribution >= 4 is 27.9 Å². The topological polar surface area (TPSA) is 24.7 Å². The van der Waals surface area contributed by atoms with Crippen LogP contribution in [0.15, 0.2) is 222 Å². The highest BCUT2D eigenvalue weighted by atomic mass is 14.8. The van der Waals surface area contributed by atoms with Crippen LogP contribution in [0.1, 0.15) is 91.8 Å². The first-order valence-electron chi connectivity index (χ1n) is 23.8. The van der Waals surface area contributed by atoms with Gasteiger partial charge in [-0.3, -0.25) is 9.98 Å². The first-order chi connectivity index (χ1) is 32.0. The molecule has 2 aliphatic rings. The van der Waals surface area contributed by atoms with Crippen molar-refractivity contribution in [2.45, 2.75) is 58.4 Å². The molecule has 320 valence electrons. The molecule has 0 saturated heterocycles. The predicted octanol–water partition coefficient (Wildman–Crippen LogP) is 16.5.